The Hall–Kier alpha value is -2.69. The number of amidine groups is 1. The molecule has 26 heavy (non-hydrogen) atoms. The first-order valence-corrected chi connectivity index (χ1v) is 8.88. The summed E-state index contributed by atoms with van der Waals surface area (Å²) in [7, 11) is 0. The van der Waals surface area contributed by atoms with Crippen molar-refractivity contribution in [3.05, 3.63) is 58.4 Å². The summed E-state index contributed by atoms with van der Waals surface area (Å²) in [5.41, 5.74) is 3.43. The zero-order valence-electron chi connectivity index (χ0n) is 15.7. The minimum Gasteiger partial charge on any atom is -0.343 e. The van der Waals surface area contributed by atoms with Crippen molar-refractivity contribution in [2.24, 2.45) is 0 Å². The zero-order chi connectivity index (χ0) is 19.1. The molecule has 0 fully saturated rings. The molecule has 135 valence electrons. The molecule has 1 N–H and O–H groups in total. The number of hydrogen-bond acceptors (Lipinski definition) is 3. The van der Waals surface area contributed by atoms with Crippen LogP contribution in [0.25, 0.3) is 0 Å². The monoisotopic (exact) mass is 350 g/mol. The van der Waals surface area contributed by atoms with Crippen molar-refractivity contribution in [1.82, 2.24) is 9.88 Å². The maximum absolute atomic E-state index is 12.8. The van der Waals surface area contributed by atoms with Gasteiger partial charge >= 0.3 is 0 Å². The van der Waals surface area contributed by atoms with Gasteiger partial charge in [-0.15, -0.1) is 0 Å². The third-order valence-electron chi connectivity index (χ3n) is 4.74. The summed E-state index contributed by atoms with van der Waals surface area (Å²) in [6.07, 6.45) is 0.816. The average molecular weight is 350 g/mol. The molecule has 2 heterocycles. The van der Waals surface area contributed by atoms with Crippen molar-refractivity contribution in [2.45, 2.75) is 46.1 Å². The molecular weight excluding hydrogens is 326 g/mol. The number of nitrogens with one attached hydrogen (secondary N) is 1. The number of Topliss-reactive ketones (excluding diaryl/α,β-unsaturated/α-hetero) is 1. The molecule has 0 amide bonds. The van der Waals surface area contributed by atoms with Gasteiger partial charge in [0.15, 0.2) is 11.5 Å². The van der Waals surface area contributed by atoms with E-state index in [1.807, 2.05) is 39.8 Å². The van der Waals surface area contributed by atoms with Gasteiger partial charge in [-0.3, -0.25) is 15.3 Å². The van der Waals surface area contributed by atoms with Crippen molar-refractivity contribution in [3.63, 3.8) is 0 Å². The molecule has 0 saturated heterocycles. The second kappa shape index (κ2) is 6.56. The summed E-state index contributed by atoms with van der Waals surface area (Å²) in [4.78, 5) is 19.0. The van der Waals surface area contributed by atoms with Crippen molar-refractivity contribution >= 4 is 11.6 Å². The number of carbonyl (C=O) groups excluding carboxylic acids is 1. The molecule has 1 aliphatic rings. The van der Waals surface area contributed by atoms with E-state index in [1.165, 1.54) is 6.07 Å². The fraction of sp³-hybridized carbons (Fsp3) is 0.381. The highest BCUT2D eigenvalue weighted by Crippen LogP contribution is 2.32. The van der Waals surface area contributed by atoms with E-state index in [-0.39, 0.29) is 23.5 Å². The Morgan fingerprint density at radius 3 is 2.62 bits per heavy atom. The van der Waals surface area contributed by atoms with Gasteiger partial charge in [0.1, 0.15) is 11.5 Å². The quantitative estimate of drug-likeness (QED) is 0.843. The molecule has 5 nitrogen and oxygen atoms in total. The number of pyridine rings is 1. The van der Waals surface area contributed by atoms with Crippen LogP contribution in [0.5, 0.6) is 5.75 Å². The molecule has 0 bridgehead atoms. The minimum absolute atomic E-state index is 0.0494. The van der Waals surface area contributed by atoms with E-state index >= 15 is 0 Å². The normalized spacial score (nSPS) is 13.8. The summed E-state index contributed by atoms with van der Waals surface area (Å²) in [5.74, 6) is 0.149. The molecule has 0 atom stereocenters. The first-order chi connectivity index (χ1) is 12.2. The molecule has 0 spiro atoms. The number of carbonyl (C=O) groups is 1. The fourth-order valence-corrected chi connectivity index (χ4v) is 3.18. The Morgan fingerprint density at radius 2 is 1.96 bits per heavy atom. The van der Waals surface area contributed by atoms with Crippen LogP contribution in [-0.4, -0.2) is 28.0 Å². The van der Waals surface area contributed by atoms with Crippen molar-refractivity contribution < 1.29 is 9.90 Å². The van der Waals surface area contributed by atoms with Crippen molar-refractivity contribution in [1.29, 1.82) is 5.41 Å². The predicted octanol–water partition coefficient (Wildman–Crippen LogP) is 4.11. The Bertz CT molecular complexity index is 881. The van der Waals surface area contributed by atoms with Crippen molar-refractivity contribution in [2.75, 3.05) is 6.54 Å². The molecule has 0 aliphatic carbocycles. The average Bonchev–Trinajstić information content (AvgIpc) is 2.89. The predicted molar refractivity (Wildman–Crippen MR) is 100 cm³/mol. The summed E-state index contributed by atoms with van der Waals surface area (Å²) in [6, 6.07) is 8.71. The van der Waals surface area contributed by atoms with Gasteiger partial charge in [0.2, 0.25) is 0 Å². The van der Waals surface area contributed by atoms with E-state index < -0.39 is 0 Å². The molecule has 3 rings (SSSR count). The van der Waals surface area contributed by atoms with Gasteiger partial charge in [-0.1, -0.05) is 33.8 Å². The Morgan fingerprint density at radius 1 is 1.23 bits per heavy atom. The maximum Gasteiger partial charge on any atom is 0.182 e. The third-order valence-corrected chi connectivity index (χ3v) is 4.74. The molecule has 1 radical (unpaired) electrons. The SMILES string of the molecule is CCc1ccc2c(n1)C(=N)N(CC(=O)c1ccc([O])c(C(C)(C)C)c1)C2. The van der Waals surface area contributed by atoms with Gasteiger partial charge in [-0.2, -0.15) is 0 Å². The van der Waals surface area contributed by atoms with Crippen LogP contribution in [0.4, 0.5) is 0 Å². The molecule has 1 aliphatic heterocycles. The van der Waals surface area contributed by atoms with Crippen LogP contribution < -0.4 is 0 Å². The lowest BCUT2D eigenvalue weighted by Gasteiger charge is -2.21. The number of aromatic nitrogens is 1. The van der Waals surface area contributed by atoms with Crippen LogP contribution in [-0.2, 0) is 23.5 Å². The van der Waals surface area contributed by atoms with E-state index in [9.17, 15) is 9.90 Å². The second-order valence-corrected chi connectivity index (χ2v) is 7.75. The van der Waals surface area contributed by atoms with Crippen LogP contribution in [0.1, 0.15) is 60.6 Å². The number of rotatable bonds is 4. The Balaban J connectivity index is 1.80. The first kappa shape index (κ1) is 18.1. The number of fused-ring (bicyclic) bond motifs is 1. The Kier molecular flexibility index (Phi) is 4.57. The van der Waals surface area contributed by atoms with E-state index in [1.54, 1.807) is 17.0 Å². The van der Waals surface area contributed by atoms with Crippen LogP contribution in [0.2, 0.25) is 0 Å². The van der Waals surface area contributed by atoms with Crippen LogP contribution in [0.3, 0.4) is 0 Å². The van der Waals surface area contributed by atoms with Gasteiger partial charge in [0.25, 0.3) is 0 Å². The van der Waals surface area contributed by atoms with Gasteiger partial charge < -0.3 is 4.90 Å². The maximum atomic E-state index is 12.8. The lowest BCUT2D eigenvalue weighted by atomic mass is 9.85. The minimum atomic E-state index is -0.315. The van der Waals surface area contributed by atoms with E-state index in [4.69, 9.17) is 5.41 Å². The number of nitrogens with zero attached hydrogens (tertiary/aromatic N) is 2. The zero-order valence-corrected chi connectivity index (χ0v) is 15.7. The lowest BCUT2D eigenvalue weighted by Crippen LogP contribution is -2.30. The Labute approximate surface area is 154 Å². The van der Waals surface area contributed by atoms with Crippen molar-refractivity contribution in [3.8, 4) is 5.75 Å². The number of benzene rings is 1. The molecular formula is C21H24N3O2. The number of hydrogen-bond donors (Lipinski definition) is 1. The smallest absolute Gasteiger partial charge is 0.182 e. The summed E-state index contributed by atoms with van der Waals surface area (Å²) in [6.45, 7) is 8.54. The fourth-order valence-electron chi connectivity index (χ4n) is 3.18. The van der Waals surface area contributed by atoms with E-state index in [2.05, 4.69) is 4.98 Å². The highest BCUT2D eigenvalue weighted by Gasteiger charge is 2.28. The van der Waals surface area contributed by atoms with E-state index in [0.717, 1.165) is 17.7 Å². The van der Waals surface area contributed by atoms with Gasteiger partial charge in [0.05, 0.1) is 6.54 Å². The molecule has 0 unspecified atom stereocenters. The summed E-state index contributed by atoms with van der Waals surface area (Å²) in [5, 5.41) is 20.4. The van der Waals surface area contributed by atoms with Gasteiger partial charge in [0, 0.05) is 28.9 Å². The van der Waals surface area contributed by atoms with Crippen LogP contribution in [0, 0.1) is 5.41 Å². The third kappa shape index (κ3) is 3.34. The molecule has 0 saturated carbocycles. The molecule has 1 aromatic carbocycles. The van der Waals surface area contributed by atoms with Gasteiger partial charge in [-0.25, -0.2) is 4.98 Å². The van der Waals surface area contributed by atoms with E-state index in [0.29, 0.717) is 29.2 Å². The molecule has 2 aromatic rings. The highest BCUT2D eigenvalue weighted by molar-refractivity contribution is 6.04. The largest absolute Gasteiger partial charge is 0.343 e. The van der Waals surface area contributed by atoms with Crippen LogP contribution >= 0.6 is 0 Å². The highest BCUT2D eigenvalue weighted by atomic mass is 16.3. The van der Waals surface area contributed by atoms with Crippen LogP contribution in [0.15, 0.2) is 30.3 Å². The lowest BCUT2D eigenvalue weighted by molar-refractivity contribution is 0.0962. The van der Waals surface area contributed by atoms with Gasteiger partial charge in [-0.05, 0) is 36.1 Å². The summed E-state index contributed by atoms with van der Waals surface area (Å²) >= 11 is 0. The standard InChI is InChI=1S/C21H24N3O2/c1-5-15-8-6-14-11-24(20(22)19(14)23-15)12-18(26)13-7-9-17(25)16(10-13)21(2,3)4/h6-10,22H,5,11-12H2,1-4H3. The number of ketones is 1. The number of aryl methyl sites for hydroxylation is 1. The summed E-state index contributed by atoms with van der Waals surface area (Å²) < 4.78 is 0. The second-order valence-electron chi connectivity index (χ2n) is 7.75. The molecule has 1 aromatic heterocycles. The molecule has 5 heteroatoms. The first-order valence-electron chi connectivity index (χ1n) is 8.88. The topological polar surface area (TPSA) is 77.0 Å².